The Morgan fingerprint density at radius 1 is 1.56 bits per heavy atom. The van der Waals surface area contributed by atoms with Gasteiger partial charge in [0.1, 0.15) is 5.84 Å². The lowest BCUT2D eigenvalue weighted by Crippen LogP contribution is -2.15. The highest BCUT2D eigenvalue weighted by molar-refractivity contribution is 5.79. The van der Waals surface area contributed by atoms with Crippen molar-refractivity contribution in [2.45, 2.75) is 20.3 Å². The predicted octanol–water partition coefficient (Wildman–Crippen LogP) is 1.26. The molecule has 1 heterocycles. The molecule has 1 aliphatic heterocycles. The lowest BCUT2D eigenvalue weighted by Gasteiger charge is -2.05. The monoisotopic (exact) mass is 130 g/mol. The van der Waals surface area contributed by atoms with Crippen molar-refractivity contribution in [1.29, 1.82) is 5.41 Å². The quantitative estimate of drug-likeness (QED) is 0.536. The van der Waals surface area contributed by atoms with Crippen LogP contribution < -0.4 is 0 Å². The number of nitrogens with one attached hydrogen (secondary N) is 1. The van der Waals surface area contributed by atoms with Crippen molar-refractivity contribution in [1.82, 2.24) is 5.06 Å². The number of amidine groups is 1. The van der Waals surface area contributed by atoms with Crippen LogP contribution in [-0.4, -0.2) is 24.6 Å². The van der Waals surface area contributed by atoms with Crippen molar-refractivity contribution in [2.75, 3.05) is 13.7 Å². The van der Waals surface area contributed by atoms with E-state index in [2.05, 4.69) is 0 Å². The molecule has 0 aromatic carbocycles. The minimum Gasteiger partial charge on any atom is -0.287 e. The third kappa shape index (κ3) is 2.46. The first kappa shape index (κ1) is 8.43. The van der Waals surface area contributed by atoms with Gasteiger partial charge in [0.15, 0.2) is 0 Å². The minimum absolute atomic E-state index is 0.569. The normalized spacial score (nSPS) is 17.2. The third-order valence-electron chi connectivity index (χ3n) is 1.00. The van der Waals surface area contributed by atoms with Gasteiger partial charge in [-0.15, -0.1) is 0 Å². The summed E-state index contributed by atoms with van der Waals surface area (Å²) in [6.07, 6.45) is 0.760. The van der Waals surface area contributed by atoms with E-state index in [0.29, 0.717) is 12.4 Å². The van der Waals surface area contributed by atoms with Gasteiger partial charge in [0, 0.05) is 13.5 Å². The van der Waals surface area contributed by atoms with Crippen molar-refractivity contribution in [2.24, 2.45) is 0 Å². The van der Waals surface area contributed by atoms with Crippen molar-refractivity contribution in [3.8, 4) is 0 Å². The summed E-state index contributed by atoms with van der Waals surface area (Å²) in [7, 11) is 1.75. The fourth-order valence-electron chi connectivity index (χ4n) is 0.515. The Hall–Kier alpha value is -0.570. The molecule has 0 aromatic rings. The maximum absolute atomic E-state index is 7.06. The van der Waals surface area contributed by atoms with Gasteiger partial charge in [0.25, 0.3) is 0 Å². The van der Waals surface area contributed by atoms with Gasteiger partial charge in [0.2, 0.25) is 0 Å². The largest absolute Gasteiger partial charge is 0.287 e. The Labute approximate surface area is 56.1 Å². The van der Waals surface area contributed by atoms with Crippen LogP contribution in [0.2, 0.25) is 0 Å². The second-order valence-electron chi connectivity index (χ2n) is 1.53. The standard InChI is InChI=1S/C4H8N2O.C2H6/c1-6-4(5)2-3-7-6;1-2/h5H,2-3H2,1H3;1-2H3. The Morgan fingerprint density at radius 2 is 2.11 bits per heavy atom. The second kappa shape index (κ2) is 4.32. The van der Waals surface area contributed by atoms with Crippen LogP contribution in [0.5, 0.6) is 0 Å². The fraction of sp³-hybridized carbons (Fsp3) is 0.833. The van der Waals surface area contributed by atoms with E-state index in [1.165, 1.54) is 5.06 Å². The summed E-state index contributed by atoms with van der Waals surface area (Å²) in [6.45, 7) is 4.68. The summed E-state index contributed by atoms with van der Waals surface area (Å²) in [5.74, 6) is 0.569. The van der Waals surface area contributed by atoms with Crippen molar-refractivity contribution < 1.29 is 4.84 Å². The van der Waals surface area contributed by atoms with Gasteiger partial charge in [-0.3, -0.25) is 10.2 Å². The second-order valence-corrected chi connectivity index (χ2v) is 1.53. The van der Waals surface area contributed by atoms with E-state index in [9.17, 15) is 0 Å². The first-order chi connectivity index (χ1) is 4.30. The molecule has 0 amide bonds. The molecule has 0 atom stereocenters. The van der Waals surface area contributed by atoms with Gasteiger partial charge in [0.05, 0.1) is 6.61 Å². The van der Waals surface area contributed by atoms with E-state index in [-0.39, 0.29) is 0 Å². The average Bonchev–Trinajstić information content (AvgIpc) is 2.23. The van der Waals surface area contributed by atoms with Gasteiger partial charge in [-0.1, -0.05) is 13.8 Å². The highest BCUT2D eigenvalue weighted by Gasteiger charge is 2.11. The number of rotatable bonds is 0. The van der Waals surface area contributed by atoms with Crippen LogP contribution in [0.15, 0.2) is 0 Å². The lowest BCUT2D eigenvalue weighted by molar-refractivity contribution is -0.0481. The molecular weight excluding hydrogens is 116 g/mol. The minimum atomic E-state index is 0.569. The molecule has 3 nitrogen and oxygen atoms in total. The Morgan fingerprint density at radius 3 is 2.22 bits per heavy atom. The van der Waals surface area contributed by atoms with Gasteiger partial charge >= 0.3 is 0 Å². The van der Waals surface area contributed by atoms with E-state index in [1.807, 2.05) is 13.8 Å². The van der Waals surface area contributed by atoms with E-state index in [1.54, 1.807) is 7.05 Å². The van der Waals surface area contributed by atoms with Gasteiger partial charge < -0.3 is 0 Å². The number of hydroxylamine groups is 2. The molecule has 0 bridgehead atoms. The van der Waals surface area contributed by atoms with E-state index < -0.39 is 0 Å². The van der Waals surface area contributed by atoms with Crippen molar-refractivity contribution in [3.63, 3.8) is 0 Å². The maximum Gasteiger partial charge on any atom is 0.123 e. The molecule has 0 spiro atoms. The van der Waals surface area contributed by atoms with Crippen LogP contribution in [0.25, 0.3) is 0 Å². The Kier molecular flexibility index (Phi) is 4.05. The summed E-state index contributed by atoms with van der Waals surface area (Å²) in [6, 6.07) is 0. The molecule has 3 heteroatoms. The topological polar surface area (TPSA) is 36.3 Å². The Balaban J connectivity index is 0.000000291. The summed E-state index contributed by atoms with van der Waals surface area (Å²) >= 11 is 0. The molecule has 0 unspecified atom stereocenters. The molecule has 0 aliphatic carbocycles. The molecule has 0 saturated carbocycles. The third-order valence-corrected chi connectivity index (χ3v) is 1.00. The summed E-state index contributed by atoms with van der Waals surface area (Å²) in [4.78, 5) is 4.87. The van der Waals surface area contributed by atoms with E-state index >= 15 is 0 Å². The zero-order valence-electron chi connectivity index (χ0n) is 6.27. The molecule has 0 aromatic heterocycles. The molecule has 9 heavy (non-hydrogen) atoms. The van der Waals surface area contributed by atoms with Crippen molar-refractivity contribution >= 4 is 5.84 Å². The maximum atomic E-state index is 7.06. The molecule has 0 radical (unpaired) electrons. The molecular formula is C6H14N2O. The van der Waals surface area contributed by atoms with Crippen molar-refractivity contribution in [3.05, 3.63) is 0 Å². The van der Waals surface area contributed by atoms with Crippen LogP contribution >= 0.6 is 0 Å². The summed E-state index contributed by atoms with van der Waals surface area (Å²) < 4.78 is 0. The highest BCUT2D eigenvalue weighted by Crippen LogP contribution is 2.01. The Bertz CT molecular complexity index is 93.1. The van der Waals surface area contributed by atoms with Crippen LogP contribution in [0.1, 0.15) is 20.3 Å². The van der Waals surface area contributed by atoms with Crippen LogP contribution in [-0.2, 0) is 4.84 Å². The highest BCUT2D eigenvalue weighted by atomic mass is 16.7. The number of nitrogens with zero attached hydrogens (tertiary/aromatic N) is 1. The molecule has 1 saturated heterocycles. The zero-order valence-corrected chi connectivity index (χ0v) is 6.27. The smallest absolute Gasteiger partial charge is 0.123 e. The van der Waals surface area contributed by atoms with Gasteiger partial charge in [-0.2, -0.15) is 0 Å². The van der Waals surface area contributed by atoms with Gasteiger partial charge in [-0.05, 0) is 0 Å². The fourth-order valence-corrected chi connectivity index (χ4v) is 0.515. The SMILES string of the molecule is CC.CN1OCCC1=N. The average molecular weight is 130 g/mol. The number of hydrogen-bond donors (Lipinski definition) is 1. The van der Waals surface area contributed by atoms with E-state index in [4.69, 9.17) is 10.2 Å². The van der Waals surface area contributed by atoms with Crippen LogP contribution in [0.4, 0.5) is 0 Å². The van der Waals surface area contributed by atoms with Crippen LogP contribution in [0, 0.1) is 5.41 Å². The molecule has 1 fully saturated rings. The first-order valence-electron chi connectivity index (χ1n) is 3.25. The zero-order chi connectivity index (χ0) is 7.28. The first-order valence-corrected chi connectivity index (χ1v) is 3.25. The number of hydrogen-bond acceptors (Lipinski definition) is 2. The molecule has 1 N–H and O–H groups in total. The predicted molar refractivity (Wildman–Crippen MR) is 37.4 cm³/mol. The molecule has 1 rings (SSSR count). The molecule has 1 aliphatic rings. The summed E-state index contributed by atoms with van der Waals surface area (Å²) in [5, 5.41) is 8.54. The van der Waals surface area contributed by atoms with Crippen LogP contribution in [0.3, 0.4) is 0 Å². The van der Waals surface area contributed by atoms with Gasteiger partial charge in [-0.25, -0.2) is 5.06 Å². The van der Waals surface area contributed by atoms with E-state index in [0.717, 1.165) is 6.42 Å². The molecule has 54 valence electrons. The lowest BCUT2D eigenvalue weighted by atomic mass is 10.4. The summed E-state index contributed by atoms with van der Waals surface area (Å²) in [5.41, 5.74) is 0.